The molecule has 2 aromatic rings. The highest BCUT2D eigenvalue weighted by atomic mass is 32.1. The van der Waals surface area contributed by atoms with Crippen LogP contribution in [-0.2, 0) is 11.2 Å². The van der Waals surface area contributed by atoms with E-state index in [1.54, 1.807) is 16.5 Å². The first kappa shape index (κ1) is 19.1. The first-order valence-corrected chi connectivity index (χ1v) is 9.24. The Kier molecular flexibility index (Phi) is 7.09. The average molecular weight is 361 g/mol. The fourth-order valence-electron chi connectivity index (χ4n) is 2.29. The third-order valence-corrected chi connectivity index (χ3v) is 4.48. The van der Waals surface area contributed by atoms with Crippen molar-refractivity contribution in [2.45, 2.75) is 13.3 Å². The Morgan fingerprint density at radius 3 is 2.52 bits per heavy atom. The lowest BCUT2D eigenvalue weighted by Gasteiger charge is -2.22. The number of nitrogens with zero attached hydrogens (tertiary/aromatic N) is 2. The molecule has 0 unspecified atom stereocenters. The molecule has 0 saturated heterocycles. The Bertz CT molecular complexity index is 684. The predicted octanol–water partition coefficient (Wildman–Crippen LogP) is 0.931. The van der Waals surface area contributed by atoms with E-state index in [0.717, 1.165) is 13.0 Å². The van der Waals surface area contributed by atoms with Gasteiger partial charge in [0.05, 0.1) is 27.2 Å². The molecule has 0 fully saturated rings. The lowest BCUT2D eigenvalue weighted by atomic mass is 10.1. The second-order valence-electron chi connectivity index (χ2n) is 6.12. The van der Waals surface area contributed by atoms with Crippen molar-refractivity contribution in [2.24, 2.45) is 0 Å². The third kappa shape index (κ3) is 5.95. The molecule has 0 saturated carbocycles. The molecule has 0 spiro atoms. The van der Waals surface area contributed by atoms with Crippen LogP contribution in [0, 0.1) is 0 Å². The van der Waals surface area contributed by atoms with E-state index in [1.165, 1.54) is 21.8 Å². The van der Waals surface area contributed by atoms with Gasteiger partial charge in [-0.15, -0.1) is 11.3 Å². The van der Waals surface area contributed by atoms with Gasteiger partial charge in [0.2, 0.25) is 5.91 Å². The molecular weight excluding hydrogens is 336 g/mol. The van der Waals surface area contributed by atoms with Crippen LogP contribution in [0.25, 0.3) is 0 Å². The number of amides is 2. The maximum absolute atomic E-state index is 12.8. The van der Waals surface area contributed by atoms with E-state index >= 15 is 0 Å². The number of rotatable bonds is 8. The molecule has 0 atom stereocenters. The first-order valence-electron chi connectivity index (χ1n) is 8.36. The lowest BCUT2D eigenvalue weighted by Crippen LogP contribution is -3.06. The zero-order valence-electron chi connectivity index (χ0n) is 14.9. The largest absolute Gasteiger partial charge is 0.338 e. The van der Waals surface area contributed by atoms with Crippen LogP contribution in [0.15, 0.2) is 35.8 Å². The SMILES string of the molecule is CCc1ccc(C(=O)N(CC[NH+](C)C)CC(=O)Nc2nccs2)cc1. The topological polar surface area (TPSA) is 66.7 Å². The number of likely N-dealkylation sites (N-methyl/N-ethyl adjacent to an activating group) is 1. The van der Waals surface area contributed by atoms with Gasteiger partial charge in [0, 0.05) is 17.1 Å². The van der Waals surface area contributed by atoms with E-state index in [2.05, 4.69) is 17.2 Å². The number of carbonyl (C=O) groups excluding carboxylic acids is 2. The molecule has 25 heavy (non-hydrogen) atoms. The summed E-state index contributed by atoms with van der Waals surface area (Å²) in [6, 6.07) is 7.57. The Morgan fingerprint density at radius 2 is 1.96 bits per heavy atom. The fourth-order valence-corrected chi connectivity index (χ4v) is 2.84. The Balaban J connectivity index is 2.07. The highest BCUT2D eigenvalue weighted by Crippen LogP contribution is 2.11. The molecule has 1 aromatic heterocycles. The molecule has 0 aliphatic rings. The van der Waals surface area contributed by atoms with Crippen molar-refractivity contribution in [3.05, 3.63) is 47.0 Å². The highest BCUT2D eigenvalue weighted by Gasteiger charge is 2.20. The van der Waals surface area contributed by atoms with Gasteiger partial charge in [-0.3, -0.25) is 9.59 Å². The standard InChI is InChI=1S/C18H24N4O2S/c1-4-14-5-7-15(8-6-14)17(24)22(11-10-21(2)3)13-16(23)20-18-19-9-12-25-18/h5-9,12H,4,10-11,13H2,1-3H3,(H,19,20,23)/p+1. The van der Waals surface area contributed by atoms with Crippen molar-refractivity contribution in [3.8, 4) is 0 Å². The number of aryl methyl sites for hydroxylation is 1. The quantitative estimate of drug-likeness (QED) is 0.735. The van der Waals surface area contributed by atoms with E-state index in [-0.39, 0.29) is 18.4 Å². The molecule has 0 radical (unpaired) electrons. The van der Waals surface area contributed by atoms with Gasteiger partial charge in [-0.05, 0) is 24.1 Å². The zero-order chi connectivity index (χ0) is 18.2. The van der Waals surface area contributed by atoms with Gasteiger partial charge in [-0.1, -0.05) is 19.1 Å². The number of carbonyl (C=O) groups is 2. The van der Waals surface area contributed by atoms with E-state index in [1.807, 2.05) is 38.4 Å². The minimum absolute atomic E-state index is 0.0151. The normalized spacial score (nSPS) is 10.7. The summed E-state index contributed by atoms with van der Waals surface area (Å²) in [6.07, 6.45) is 2.56. The Morgan fingerprint density at radius 1 is 1.24 bits per heavy atom. The number of hydrogen-bond acceptors (Lipinski definition) is 4. The minimum atomic E-state index is -0.234. The first-order chi connectivity index (χ1) is 12.0. The van der Waals surface area contributed by atoms with Gasteiger partial charge in [0.1, 0.15) is 6.54 Å². The van der Waals surface area contributed by atoms with Gasteiger partial charge in [-0.25, -0.2) is 4.98 Å². The van der Waals surface area contributed by atoms with Crippen molar-refractivity contribution >= 4 is 28.3 Å². The molecular formula is C18H25N4O2S+. The molecule has 7 heteroatoms. The van der Waals surface area contributed by atoms with Gasteiger partial charge in [0.25, 0.3) is 5.91 Å². The van der Waals surface area contributed by atoms with Crippen LogP contribution in [0.5, 0.6) is 0 Å². The lowest BCUT2D eigenvalue weighted by molar-refractivity contribution is -0.857. The van der Waals surface area contributed by atoms with Crippen molar-refractivity contribution < 1.29 is 14.5 Å². The second kappa shape index (κ2) is 9.29. The summed E-state index contributed by atoms with van der Waals surface area (Å²) in [5.74, 6) is -0.361. The number of anilines is 1. The molecule has 0 bridgehead atoms. The Labute approximate surface area is 152 Å². The van der Waals surface area contributed by atoms with Gasteiger partial charge in [0.15, 0.2) is 5.13 Å². The molecule has 2 N–H and O–H groups in total. The van der Waals surface area contributed by atoms with Crippen LogP contribution in [0.3, 0.4) is 0 Å². The zero-order valence-corrected chi connectivity index (χ0v) is 15.7. The van der Waals surface area contributed by atoms with E-state index in [0.29, 0.717) is 17.2 Å². The minimum Gasteiger partial charge on any atom is -0.338 e. The summed E-state index contributed by atoms with van der Waals surface area (Å²) in [6.45, 7) is 3.37. The summed E-state index contributed by atoms with van der Waals surface area (Å²) in [4.78, 5) is 31.9. The van der Waals surface area contributed by atoms with Crippen LogP contribution in [0.4, 0.5) is 5.13 Å². The summed E-state index contributed by atoms with van der Waals surface area (Å²) < 4.78 is 0. The fraction of sp³-hybridized carbons (Fsp3) is 0.389. The summed E-state index contributed by atoms with van der Waals surface area (Å²) in [7, 11) is 4.04. The van der Waals surface area contributed by atoms with Gasteiger partial charge >= 0.3 is 0 Å². The molecule has 0 aliphatic carbocycles. The van der Waals surface area contributed by atoms with Gasteiger partial charge in [-0.2, -0.15) is 0 Å². The van der Waals surface area contributed by atoms with E-state index < -0.39 is 0 Å². The van der Waals surface area contributed by atoms with E-state index in [9.17, 15) is 9.59 Å². The molecule has 0 aliphatic heterocycles. The monoisotopic (exact) mass is 361 g/mol. The highest BCUT2D eigenvalue weighted by molar-refractivity contribution is 7.13. The molecule has 2 amide bonds. The maximum Gasteiger partial charge on any atom is 0.254 e. The van der Waals surface area contributed by atoms with Crippen LogP contribution in [0.1, 0.15) is 22.8 Å². The number of nitrogens with one attached hydrogen (secondary N) is 2. The number of hydrogen-bond donors (Lipinski definition) is 2. The molecule has 1 aromatic carbocycles. The average Bonchev–Trinajstić information content (AvgIpc) is 3.10. The summed E-state index contributed by atoms with van der Waals surface area (Å²) in [5.41, 5.74) is 1.79. The number of benzene rings is 1. The van der Waals surface area contributed by atoms with Crippen LogP contribution < -0.4 is 10.2 Å². The third-order valence-electron chi connectivity index (χ3n) is 3.79. The van der Waals surface area contributed by atoms with Gasteiger partial charge < -0.3 is 15.1 Å². The van der Waals surface area contributed by atoms with Crippen molar-refractivity contribution in [3.63, 3.8) is 0 Å². The summed E-state index contributed by atoms with van der Waals surface area (Å²) >= 11 is 1.35. The Hall–Kier alpha value is -2.25. The summed E-state index contributed by atoms with van der Waals surface area (Å²) in [5, 5.41) is 5.07. The molecule has 2 rings (SSSR count). The number of thiazole rings is 1. The van der Waals surface area contributed by atoms with Crippen molar-refractivity contribution in [2.75, 3.05) is 39.0 Å². The smallest absolute Gasteiger partial charge is 0.254 e. The van der Waals surface area contributed by atoms with Crippen molar-refractivity contribution in [1.82, 2.24) is 9.88 Å². The number of aromatic nitrogens is 1. The number of quaternary nitrogens is 1. The van der Waals surface area contributed by atoms with Crippen LogP contribution in [-0.4, -0.2) is 55.4 Å². The molecule has 6 nitrogen and oxygen atoms in total. The maximum atomic E-state index is 12.8. The molecule has 1 heterocycles. The molecule has 134 valence electrons. The second-order valence-corrected chi connectivity index (χ2v) is 7.01. The van der Waals surface area contributed by atoms with E-state index in [4.69, 9.17) is 0 Å². The van der Waals surface area contributed by atoms with Crippen LogP contribution in [0.2, 0.25) is 0 Å². The van der Waals surface area contributed by atoms with Crippen LogP contribution >= 0.6 is 11.3 Å². The predicted molar refractivity (Wildman–Crippen MR) is 100 cm³/mol. The van der Waals surface area contributed by atoms with Crippen molar-refractivity contribution in [1.29, 1.82) is 0 Å².